The molecule has 0 spiro atoms. The van der Waals surface area contributed by atoms with Gasteiger partial charge in [-0.3, -0.25) is 4.79 Å². The van der Waals surface area contributed by atoms with Crippen LogP contribution in [0, 0.1) is 5.82 Å². The molecule has 0 saturated heterocycles. The minimum absolute atomic E-state index is 0.192. The highest BCUT2D eigenvalue weighted by atomic mass is 79.9. The molecule has 0 unspecified atom stereocenters. The monoisotopic (exact) mass is 353 g/mol. The van der Waals surface area contributed by atoms with Crippen molar-refractivity contribution in [1.29, 1.82) is 0 Å². The average Bonchev–Trinajstić information content (AvgIpc) is 2.47. The first-order valence-electron chi connectivity index (χ1n) is 6.11. The van der Waals surface area contributed by atoms with Crippen molar-refractivity contribution in [2.45, 2.75) is 0 Å². The van der Waals surface area contributed by atoms with Gasteiger partial charge >= 0.3 is 0 Å². The fraction of sp³-hybridized carbons (Fsp3) is 0.133. The summed E-state index contributed by atoms with van der Waals surface area (Å²) in [6, 6.07) is 11.1. The van der Waals surface area contributed by atoms with E-state index in [4.69, 9.17) is 9.47 Å². The van der Waals surface area contributed by atoms with E-state index >= 15 is 0 Å². The molecule has 21 heavy (non-hydrogen) atoms. The molecule has 0 fully saturated rings. The number of rotatable bonds is 5. The first-order chi connectivity index (χ1) is 10.1. The fourth-order valence-corrected chi connectivity index (χ4v) is 2.14. The summed E-state index contributed by atoms with van der Waals surface area (Å²) in [5, 5.41) is 2.68. The van der Waals surface area contributed by atoms with E-state index in [1.807, 2.05) is 0 Å². The van der Waals surface area contributed by atoms with Crippen LogP contribution in [0.25, 0.3) is 0 Å². The second kappa shape index (κ2) is 7.08. The summed E-state index contributed by atoms with van der Waals surface area (Å²) < 4.78 is 23.9. The van der Waals surface area contributed by atoms with Gasteiger partial charge in [-0.05, 0) is 46.3 Å². The Bertz CT molecular complexity index is 649. The van der Waals surface area contributed by atoms with Gasteiger partial charge in [-0.15, -0.1) is 0 Å². The molecule has 110 valence electrons. The second-order valence-corrected chi connectivity index (χ2v) is 4.97. The van der Waals surface area contributed by atoms with Crippen molar-refractivity contribution in [2.24, 2.45) is 0 Å². The average molecular weight is 354 g/mol. The third-order valence-electron chi connectivity index (χ3n) is 2.63. The standard InChI is InChI=1S/C15H13BrFNO3/c1-20-14-5-3-2-4-12(14)18-15(19)9-21-13-7-6-10(17)8-11(13)16/h2-8H,9H2,1H3,(H,18,19). The fourth-order valence-electron chi connectivity index (χ4n) is 1.67. The van der Waals surface area contributed by atoms with Crippen molar-refractivity contribution in [3.63, 3.8) is 0 Å². The molecular formula is C15H13BrFNO3. The number of hydrogen-bond acceptors (Lipinski definition) is 3. The van der Waals surface area contributed by atoms with Crippen LogP contribution in [0.2, 0.25) is 0 Å². The molecule has 2 aromatic rings. The van der Waals surface area contributed by atoms with E-state index in [2.05, 4.69) is 21.2 Å². The molecule has 0 aliphatic heterocycles. The molecule has 6 heteroatoms. The van der Waals surface area contributed by atoms with Gasteiger partial charge in [-0.25, -0.2) is 4.39 Å². The smallest absolute Gasteiger partial charge is 0.262 e. The normalized spacial score (nSPS) is 10.0. The van der Waals surface area contributed by atoms with Crippen LogP contribution < -0.4 is 14.8 Å². The lowest BCUT2D eigenvalue weighted by molar-refractivity contribution is -0.118. The third kappa shape index (κ3) is 4.19. The molecular weight excluding hydrogens is 341 g/mol. The number of amides is 1. The Balaban J connectivity index is 1.96. The van der Waals surface area contributed by atoms with Gasteiger partial charge in [-0.2, -0.15) is 0 Å². The van der Waals surface area contributed by atoms with Crippen LogP contribution in [0.15, 0.2) is 46.9 Å². The highest BCUT2D eigenvalue weighted by molar-refractivity contribution is 9.10. The Hall–Kier alpha value is -2.08. The van der Waals surface area contributed by atoms with Crippen LogP contribution >= 0.6 is 15.9 Å². The van der Waals surface area contributed by atoms with E-state index in [9.17, 15) is 9.18 Å². The lowest BCUT2D eigenvalue weighted by Crippen LogP contribution is -2.20. The van der Waals surface area contributed by atoms with E-state index in [-0.39, 0.29) is 18.3 Å². The van der Waals surface area contributed by atoms with E-state index in [1.54, 1.807) is 24.3 Å². The van der Waals surface area contributed by atoms with Crippen molar-refractivity contribution >= 4 is 27.5 Å². The molecule has 2 rings (SSSR count). The van der Waals surface area contributed by atoms with Gasteiger partial charge in [0.1, 0.15) is 17.3 Å². The first kappa shape index (κ1) is 15.3. The summed E-state index contributed by atoms with van der Waals surface area (Å²) in [6.07, 6.45) is 0. The van der Waals surface area contributed by atoms with Crippen molar-refractivity contribution < 1.29 is 18.7 Å². The number of nitrogens with one attached hydrogen (secondary N) is 1. The minimum Gasteiger partial charge on any atom is -0.495 e. The summed E-state index contributed by atoms with van der Waals surface area (Å²) in [6.45, 7) is -0.192. The Morgan fingerprint density at radius 1 is 1.24 bits per heavy atom. The number of ether oxygens (including phenoxy) is 2. The number of carbonyl (C=O) groups excluding carboxylic acids is 1. The summed E-state index contributed by atoms with van der Waals surface area (Å²) in [7, 11) is 1.52. The lowest BCUT2D eigenvalue weighted by Gasteiger charge is -2.11. The van der Waals surface area contributed by atoms with Crippen LogP contribution in [0.5, 0.6) is 11.5 Å². The Morgan fingerprint density at radius 3 is 2.71 bits per heavy atom. The zero-order valence-electron chi connectivity index (χ0n) is 11.2. The maximum absolute atomic E-state index is 12.9. The molecule has 4 nitrogen and oxygen atoms in total. The Morgan fingerprint density at radius 2 is 2.00 bits per heavy atom. The molecule has 0 aliphatic carbocycles. The SMILES string of the molecule is COc1ccccc1NC(=O)COc1ccc(F)cc1Br. The first-order valence-corrected chi connectivity index (χ1v) is 6.90. The summed E-state index contributed by atoms with van der Waals surface area (Å²) in [5.41, 5.74) is 0.562. The van der Waals surface area contributed by atoms with E-state index in [0.717, 1.165) is 0 Å². The zero-order chi connectivity index (χ0) is 15.2. The number of hydrogen-bond donors (Lipinski definition) is 1. The summed E-state index contributed by atoms with van der Waals surface area (Å²) >= 11 is 3.17. The van der Waals surface area contributed by atoms with E-state index < -0.39 is 0 Å². The molecule has 0 heterocycles. The molecule has 0 bridgehead atoms. The van der Waals surface area contributed by atoms with Crippen LogP contribution in [0.1, 0.15) is 0 Å². The predicted octanol–water partition coefficient (Wildman–Crippen LogP) is 3.61. The van der Waals surface area contributed by atoms with Gasteiger partial charge in [0, 0.05) is 0 Å². The van der Waals surface area contributed by atoms with E-state index in [1.165, 1.54) is 25.3 Å². The van der Waals surface area contributed by atoms with Gasteiger partial charge in [0.15, 0.2) is 6.61 Å². The predicted molar refractivity (Wildman–Crippen MR) is 81.2 cm³/mol. The molecule has 0 aromatic heterocycles. The molecule has 0 aliphatic rings. The minimum atomic E-state index is -0.382. The maximum Gasteiger partial charge on any atom is 0.262 e. The van der Waals surface area contributed by atoms with Crippen LogP contribution in [0.4, 0.5) is 10.1 Å². The van der Waals surface area contributed by atoms with Gasteiger partial charge in [0.2, 0.25) is 0 Å². The molecule has 1 amide bonds. The number of benzene rings is 2. The molecule has 1 N–H and O–H groups in total. The van der Waals surface area contributed by atoms with Crippen LogP contribution in [-0.2, 0) is 4.79 Å². The third-order valence-corrected chi connectivity index (χ3v) is 3.25. The molecule has 0 radical (unpaired) electrons. The second-order valence-electron chi connectivity index (χ2n) is 4.11. The maximum atomic E-state index is 12.9. The largest absolute Gasteiger partial charge is 0.495 e. The Kier molecular flexibility index (Phi) is 5.16. The van der Waals surface area contributed by atoms with Gasteiger partial charge in [0.25, 0.3) is 5.91 Å². The van der Waals surface area contributed by atoms with Gasteiger partial charge < -0.3 is 14.8 Å². The topological polar surface area (TPSA) is 47.6 Å². The number of methoxy groups -OCH3 is 1. The van der Waals surface area contributed by atoms with Gasteiger partial charge in [-0.1, -0.05) is 12.1 Å². The van der Waals surface area contributed by atoms with Crippen LogP contribution in [-0.4, -0.2) is 19.6 Å². The Labute approximate surface area is 130 Å². The van der Waals surface area contributed by atoms with Gasteiger partial charge in [0.05, 0.1) is 17.3 Å². The molecule has 2 aromatic carbocycles. The lowest BCUT2D eigenvalue weighted by atomic mass is 10.3. The van der Waals surface area contributed by atoms with E-state index in [0.29, 0.717) is 21.7 Å². The quantitative estimate of drug-likeness (QED) is 0.892. The highest BCUT2D eigenvalue weighted by Gasteiger charge is 2.09. The number of carbonyl (C=O) groups is 1. The van der Waals surface area contributed by atoms with Crippen molar-refractivity contribution in [1.82, 2.24) is 0 Å². The summed E-state index contributed by atoms with van der Waals surface area (Å²) in [5.74, 6) is 0.240. The summed E-state index contributed by atoms with van der Waals surface area (Å²) in [4.78, 5) is 11.9. The van der Waals surface area contributed by atoms with Crippen molar-refractivity contribution in [2.75, 3.05) is 19.0 Å². The number of anilines is 1. The number of para-hydroxylation sites is 2. The van der Waals surface area contributed by atoms with Crippen LogP contribution in [0.3, 0.4) is 0 Å². The molecule has 0 saturated carbocycles. The zero-order valence-corrected chi connectivity index (χ0v) is 12.8. The molecule has 0 atom stereocenters. The highest BCUT2D eigenvalue weighted by Crippen LogP contribution is 2.26. The number of halogens is 2. The van der Waals surface area contributed by atoms with Crippen molar-refractivity contribution in [3.05, 3.63) is 52.8 Å². The van der Waals surface area contributed by atoms with Crippen molar-refractivity contribution in [3.8, 4) is 11.5 Å².